The molecule has 1 aliphatic heterocycles. The molecule has 0 N–H and O–H groups in total. The molecule has 2 atom stereocenters. The number of fused-ring (bicyclic) bond motifs is 1. The van der Waals surface area contributed by atoms with Crippen LogP contribution in [-0.4, -0.2) is 19.2 Å². The van der Waals surface area contributed by atoms with Gasteiger partial charge in [0.1, 0.15) is 0 Å². The molecule has 1 saturated carbocycles. The number of rotatable bonds is 1. The minimum Gasteiger partial charge on any atom is -0.516 e. The van der Waals surface area contributed by atoms with Crippen molar-refractivity contribution < 1.29 is 31.2 Å². The minimum atomic E-state index is -0.484. The first-order valence-electron chi connectivity index (χ1n) is 7.59. The van der Waals surface area contributed by atoms with Crippen molar-refractivity contribution in [2.24, 2.45) is 5.92 Å². The molecule has 2 aliphatic rings. The smallest absolute Gasteiger partial charge is 0.477 e. The summed E-state index contributed by atoms with van der Waals surface area (Å²) in [4.78, 5) is 11.8. The van der Waals surface area contributed by atoms with E-state index in [4.69, 9.17) is 9.31 Å². The minimum absolute atomic E-state index is 0. The van der Waals surface area contributed by atoms with Crippen LogP contribution in [0.25, 0.3) is 0 Å². The maximum absolute atomic E-state index is 11.8. The van der Waals surface area contributed by atoms with Crippen LogP contribution in [0.4, 0.5) is 0 Å². The molecule has 2 aromatic carbocycles. The van der Waals surface area contributed by atoms with E-state index in [-0.39, 0.29) is 35.1 Å². The molecule has 2 aromatic rings. The van der Waals surface area contributed by atoms with Gasteiger partial charge in [0.05, 0.1) is 12.0 Å². The third-order valence-corrected chi connectivity index (χ3v) is 4.04. The van der Waals surface area contributed by atoms with Crippen LogP contribution >= 0.6 is 0 Å². The Morgan fingerprint density at radius 1 is 1.09 bits per heavy atom. The Balaban J connectivity index is 0.000000253. The molecule has 1 saturated heterocycles. The van der Waals surface area contributed by atoms with Crippen LogP contribution in [0.3, 0.4) is 0 Å². The average molecular weight is 338 g/mol. The number of carbonyl (C=O) groups is 1. The summed E-state index contributed by atoms with van der Waals surface area (Å²) in [6, 6.07) is 17.7. The first kappa shape index (κ1) is 17.1. The van der Waals surface area contributed by atoms with Gasteiger partial charge in [0.2, 0.25) is 0 Å². The summed E-state index contributed by atoms with van der Waals surface area (Å²) in [5.41, 5.74) is 0.942. The van der Waals surface area contributed by atoms with Crippen LogP contribution in [0.15, 0.2) is 54.6 Å². The van der Waals surface area contributed by atoms with Crippen molar-refractivity contribution in [2.45, 2.75) is 31.8 Å². The van der Waals surface area contributed by atoms with Crippen LogP contribution in [-0.2, 0) is 31.2 Å². The third-order valence-electron chi connectivity index (χ3n) is 4.04. The van der Waals surface area contributed by atoms with Crippen LogP contribution in [0, 0.1) is 5.92 Å². The zero-order valence-electron chi connectivity index (χ0n) is 12.3. The molecule has 0 bridgehead atoms. The summed E-state index contributed by atoms with van der Waals surface area (Å²) in [6.07, 6.45) is 4.23. The summed E-state index contributed by atoms with van der Waals surface area (Å²) in [7, 11) is -0.484. The predicted molar refractivity (Wildman–Crippen MR) is 82.4 cm³/mol. The summed E-state index contributed by atoms with van der Waals surface area (Å²) in [6.45, 7) is 0. The van der Waals surface area contributed by atoms with Gasteiger partial charge in [0, 0.05) is 17.1 Å². The number of hydrogen-bond acceptors (Lipinski definition) is 3. The van der Waals surface area contributed by atoms with E-state index in [1.54, 1.807) is 0 Å². The van der Waals surface area contributed by atoms with Crippen molar-refractivity contribution in [2.75, 3.05) is 0 Å². The van der Waals surface area contributed by atoms with Gasteiger partial charge in [-0.2, -0.15) is 36.4 Å². The van der Waals surface area contributed by atoms with E-state index in [9.17, 15) is 4.79 Å². The van der Waals surface area contributed by atoms with Gasteiger partial charge in [-0.05, 0) is 12.8 Å². The molecular formula is C17H19BFeO3-2. The molecule has 0 amide bonds. The van der Waals surface area contributed by atoms with Gasteiger partial charge >= 0.3 is 7.12 Å². The van der Waals surface area contributed by atoms with Gasteiger partial charge in [-0.1, -0.05) is 12.8 Å². The SMILES string of the molecule is O=C1OB(c2cc[cH-]c2)O[C@H]2CCCC[C@H]12.[Fe].c1cc[cH-]c1. The summed E-state index contributed by atoms with van der Waals surface area (Å²) in [5, 5.41) is 0. The summed E-state index contributed by atoms with van der Waals surface area (Å²) < 4.78 is 11.2. The molecule has 4 rings (SSSR count). The average Bonchev–Trinajstić information content (AvgIpc) is 3.23. The maximum atomic E-state index is 11.8. The molecule has 3 nitrogen and oxygen atoms in total. The second-order valence-electron chi connectivity index (χ2n) is 5.51. The standard InChI is InChI=1S/C12H14BO3.C5H5.Fe/c14-12-10-7-3-4-8-11(10)15-13(16-12)9-5-1-2-6-9;1-2-4-5-3-1;/h1-2,5-6,10-11H,3-4,7-8H2;1-5H;/q2*-1;/t10-,11-;;/m0../s1. The molecule has 22 heavy (non-hydrogen) atoms. The Hall–Kier alpha value is -1.29. The fraction of sp³-hybridized carbons (Fsp3) is 0.353. The van der Waals surface area contributed by atoms with E-state index in [1.165, 1.54) is 0 Å². The fourth-order valence-electron chi connectivity index (χ4n) is 2.92. The van der Waals surface area contributed by atoms with Gasteiger partial charge in [-0.15, -0.1) is 5.46 Å². The molecule has 0 radical (unpaired) electrons. The Morgan fingerprint density at radius 2 is 1.86 bits per heavy atom. The molecule has 0 aromatic heterocycles. The molecule has 1 heterocycles. The zero-order chi connectivity index (χ0) is 14.5. The quantitative estimate of drug-likeness (QED) is 0.592. The van der Waals surface area contributed by atoms with E-state index in [0.29, 0.717) is 0 Å². The molecular weight excluding hydrogens is 319 g/mol. The van der Waals surface area contributed by atoms with Gasteiger partial charge < -0.3 is 9.31 Å². The summed E-state index contributed by atoms with van der Waals surface area (Å²) in [5.74, 6) is -0.109. The zero-order valence-corrected chi connectivity index (χ0v) is 13.4. The van der Waals surface area contributed by atoms with Crippen LogP contribution in [0.1, 0.15) is 25.7 Å². The topological polar surface area (TPSA) is 35.5 Å². The van der Waals surface area contributed by atoms with E-state index >= 15 is 0 Å². The first-order chi connectivity index (χ1) is 10.3. The van der Waals surface area contributed by atoms with E-state index in [1.807, 2.05) is 54.6 Å². The Kier molecular flexibility index (Phi) is 6.50. The second kappa shape index (κ2) is 8.37. The molecule has 5 heteroatoms. The van der Waals surface area contributed by atoms with Crippen LogP contribution in [0.2, 0.25) is 0 Å². The van der Waals surface area contributed by atoms with Crippen molar-refractivity contribution in [3.05, 3.63) is 54.6 Å². The predicted octanol–water partition coefficient (Wildman–Crippen LogP) is 2.64. The third kappa shape index (κ3) is 4.13. The monoisotopic (exact) mass is 338 g/mol. The number of hydrogen-bond donors (Lipinski definition) is 0. The van der Waals surface area contributed by atoms with E-state index < -0.39 is 7.12 Å². The van der Waals surface area contributed by atoms with Crippen molar-refractivity contribution >= 4 is 18.6 Å². The normalized spacial score (nSPS) is 23.5. The Bertz CT molecular complexity index is 521. The molecule has 118 valence electrons. The van der Waals surface area contributed by atoms with Gasteiger partial charge in [0.15, 0.2) is 0 Å². The Labute approximate surface area is 142 Å². The van der Waals surface area contributed by atoms with Crippen LogP contribution < -0.4 is 5.46 Å². The second-order valence-corrected chi connectivity index (χ2v) is 5.51. The van der Waals surface area contributed by atoms with Crippen molar-refractivity contribution in [3.8, 4) is 0 Å². The number of carbonyl (C=O) groups excluding carboxylic acids is 1. The van der Waals surface area contributed by atoms with Crippen LogP contribution in [0.5, 0.6) is 0 Å². The van der Waals surface area contributed by atoms with E-state index in [0.717, 1.165) is 31.1 Å². The van der Waals surface area contributed by atoms with Crippen molar-refractivity contribution in [3.63, 3.8) is 0 Å². The van der Waals surface area contributed by atoms with Gasteiger partial charge in [-0.25, -0.2) is 18.2 Å². The molecule has 1 aliphatic carbocycles. The largest absolute Gasteiger partial charge is 0.516 e. The summed E-state index contributed by atoms with van der Waals surface area (Å²) >= 11 is 0. The first-order valence-corrected chi connectivity index (χ1v) is 7.59. The molecule has 2 fully saturated rings. The fourth-order valence-corrected chi connectivity index (χ4v) is 2.92. The van der Waals surface area contributed by atoms with Crippen molar-refractivity contribution in [1.29, 1.82) is 0 Å². The van der Waals surface area contributed by atoms with Crippen molar-refractivity contribution in [1.82, 2.24) is 0 Å². The Morgan fingerprint density at radius 3 is 2.50 bits per heavy atom. The van der Waals surface area contributed by atoms with E-state index in [2.05, 4.69) is 0 Å². The van der Waals surface area contributed by atoms with Gasteiger partial charge in [-0.3, -0.25) is 4.79 Å². The maximum Gasteiger partial charge on any atom is 0.477 e. The van der Waals surface area contributed by atoms with Gasteiger partial charge in [0.25, 0.3) is 5.97 Å². The molecule has 0 spiro atoms. The molecule has 0 unspecified atom stereocenters.